The molecule has 2 heteroatoms. The standard InChI is InChI=1S/C5H7NO.CH4/c7-5-2-1-4(5)6-3-5;/h1,6-7H,2-3H2;1H4. The van der Waals surface area contributed by atoms with Crippen LogP contribution < -0.4 is 5.32 Å². The van der Waals surface area contributed by atoms with Crippen molar-refractivity contribution < 1.29 is 5.11 Å². The van der Waals surface area contributed by atoms with Gasteiger partial charge < -0.3 is 10.4 Å². The van der Waals surface area contributed by atoms with Crippen LogP contribution in [0.2, 0.25) is 0 Å². The highest BCUT2D eigenvalue weighted by molar-refractivity contribution is 5.34. The maximum atomic E-state index is 9.14. The molecular formula is C6H11NO. The van der Waals surface area contributed by atoms with Crippen molar-refractivity contribution in [2.24, 2.45) is 0 Å². The van der Waals surface area contributed by atoms with Crippen LogP contribution in [-0.2, 0) is 0 Å². The number of β-amino-alcohol motifs (C(OH)–C–C–N with tert-alkyl or cyclic N) is 1. The Hall–Kier alpha value is -0.500. The SMILES string of the molecule is C.OC12CC=C1NC2. The average Bonchev–Trinajstić information content (AvgIpc) is 1.67. The third-order valence-electron chi connectivity index (χ3n) is 1.72. The van der Waals surface area contributed by atoms with E-state index >= 15 is 0 Å². The molecule has 2 nitrogen and oxygen atoms in total. The van der Waals surface area contributed by atoms with Gasteiger partial charge in [0.1, 0.15) is 5.60 Å². The predicted molar refractivity (Wildman–Crippen MR) is 32.4 cm³/mol. The molecule has 2 rings (SSSR count). The van der Waals surface area contributed by atoms with E-state index in [9.17, 15) is 0 Å². The van der Waals surface area contributed by atoms with E-state index in [0.717, 1.165) is 18.7 Å². The molecule has 8 heavy (non-hydrogen) atoms. The third kappa shape index (κ3) is 0.364. The van der Waals surface area contributed by atoms with E-state index in [4.69, 9.17) is 5.11 Å². The number of hydrogen-bond acceptors (Lipinski definition) is 2. The molecule has 46 valence electrons. The smallest absolute Gasteiger partial charge is 0.124 e. The highest BCUT2D eigenvalue weighted by Crippen LogP contribution is 2.35. The molecule has 0 spiro atoms. The van der Waals surface area contributed by atoms with Gasteiger partial charge >= 0.3 is 0 Å². The number of hydrogen-bond donors (Lipinski definition) is 2. The summed E-state index contributed by atoms with van der Waals surface area (Å²) in [7, 11) is 0. The van der Waals surface area contributed by atoms with Crippen molar-refractivity contribution >= 4 is 0 Å². The fourth-order valence-electron chi connectivity index (χ4n) is 0.979. The maximum Gasteiger partial charge on any atom is 0.124 e. The molecule has 0 aromatic rings. The summed E-state index contributed by atoms with van der Waals surface area (Å²) in [5.74, 6) is 0. The van der Waals surface area contributed by atoms with Crippen LogP contribution in [0.25, 0.3) is 0 Å². The minimum atomic E-state index is -0.389. The number of rotatable bonds is 0. The van der Waals surface area contributed by atoms with Gasteiger partial charge in [-0.15, -0.1) is 0 Å². The number of nitrogens with one attached hydrogen (secondary N) is 1. The zero-order valence-corrected chi connectivity index (χ0v) is 3.94. The van der Waals surface area contributed by atoms with E-state index in [0.29, 0.717) is 0 Å². The van der Waals surface area contributed by atoms with Crippen molar-refractivity contribution in [2.45, 2.75) is 19.4 Å². The van der Waals surface area contributed by atoms with Gasteiger partial charge in [-0.05, 0) is 0 Å². The molecule has 2 aliphatic rings. The molecular weight excluding hydrogens is 102 g/mol. The van der Waals surface area contributed by atoms with E-state index < -0.39 is 0 Å². The molecule has 1 heterocycles. The summed E-state index contributed by atoms with van der Waals surface area (Å²) in [6, 6.07) is 0. The normalized spacial score (nSPS) is 38.9. The van der Waals surface area contributed by atoms with E-state index in [-0.39, 0.29) is 13.0 Å². The maximum absolute atomic E-state index is 9.14. The van der Waals surface area contributed by atoms with Crippen LogP contribution in [0, 0.1) is 0 Å². The van der Waals surface area contributed by atoms with Crippen molar-refractivity contribution in [3.05, 3.63) is 11.8 Å². The Balaban J connectivity index is 0.000000320. The minimum Gasteiger partial charge on any atom is -0.383 e. The molecule has 0 amide bonds. The zero-order valence-electron chi connectivity index (χ0n) is 3.94. The average molecular weight is 113 g/mol. The van der Waals surface area contributed by atoms with E-state index in [1.807, 2.05) is 6.08 Å². The summed E-state index contributed by atoms with van der Waals surface area (Å²) in [5, 5.41) is 12.1. The van der Waals surface area contributed by atoms with Crippen LogP contribution >= 0.6 is 0 Å². The molecule has 1 atom stereocenters. The number of aliphatic hydroxyl groups is 1. The van der Waals surface area contributed by atoms with Crippen LogP contribution in [0.3, 0.4) is 0 Å². The summed E-state index contributed by atoms with van der Waals surface area (Å²) in [5.41, 5.74) is 0.646. The van der Waals surface area contributed by atoms with Crippen LogP contribution in [-0.4, -0.2) is 17.3 Å². The zero-order chi connectivity index (χ0) is 4.91. The summed E-state index contributed by atoms with van der Waals surface area (Å²) in [6.07, 6.45) is 2.87. The van der Waals surface area contributed by atoms with Crippen LogP contribution in [0.15, 0.2) is 11.8 Å². The van der Waals surface area contributed by atoms with Crippen molar-refractivity contribution in [3.63, 3.8) is 0 Å². The first-order valence-electron chi connectivity index (χ1n) is 2.48. The summed E-state index contributed by atoms with van der Waals surface area (Å²) in [6.45, 7) is 0.763. The topological polar surface area (TPSA) is 32.3 Å². The Labute approximate surface area is 49.2 Å². The Morgan fingerprint density at radius 1 is 1.75 bits per heavy atom. The minimum absolute atomic E-state index is 0. The van der Waals surface area contributed by atoms with Crippen molar-refractivity contribution in [1.82, 2.24) is 5.32 Å². The van der Waals surface area contributed by atoms with Gasteiger partial charge in [-0.3, -0.25) is 0 Å². The monoisotopic (exact) mass is 113 g/mol. The van der Waals surface area contributed by atoms with Crippen LogP contribution in [0.1, 0.15) is 13.8 Å². The molecule has 1 fully saturated rings. The van der Waals surface area contributed by atoms with Gasteiger partial charge in [-0.1, -0.05) is 13.5 Å². The van der Waals surface area contributed by atoms with E-state index in [2.05, 4.69) is 5.32 Å². The fourth-order valence-corrected chi connectivity index (χ4v) is 0.979. The van der Waals surface area contributed by atoms with Crippen molar-refractivity contribution in [3.8, 4) is 0 Å². The molecule has 1 saturated heterocycles. The van der Waals surface area contributed by atoms with Gasteiger partial charge in [0.15, 0.2) is 0 Å². The van der Waals surface area contributed by atoms with Gasteiger partial charge in [0.25, 0.3) is 0 Å². The largest absolute Gasteiger partial charge is 0.383 e. The van der Waals surface area contributed by atoms with Crippen molar-refractivity contribution in [1.29, 1.82) is 0 Å². The molecule has 0 aromatic heterocycles. The van der Waals surface area contributed by atoms with Crippen molar-refractivity contribution in [2.75, 3.05) is 6.54 Å². The molecule has 0 bridgehead atoms. The first-order valence-corrected chi connectivity index (χ1v) is 2.48. The fraction of sp³-hybridized carbons (Fsp3) is 0.667. The molecule has 0 aromatic carbocycles. The molecule has 0 saturated carbocycles. The lowest BCUT2D eigenvalue weighted by molar-refractivity contribution is 0.0111. The number of fused-ring (bicyclic) bond motifs is 1. The van der Waals surface area contributed by atoms with Gasteiger partial charge in [-0.2, -0.15) is 0 Å². The van der Waals surface area contributed by atoms with Crippen LogP contribution in [0.5, 0.6) is 0 Å². The lowest BCUT2D eigenvalue weighted by Crippen LogP contribution is -2.61. The Morgan fingerprint density at radius 3 is 2.38 bits per heavy atom. The predicted octanol–water partition coefficient (Wildman–Crippen LogP) is 0.244. The molecule has 0 radical (unpaired) electrons. The van der Waals surface area contributed by atoms with Gasteiger partial charge in [0.2, 0.25) is 0 Å². The highest BCUT2D eigenvalue weighted by atomic mass is 16.3. The quantitative estimate of drug-likeness (QED) is 0.472. The first-order chi connectivity index (χ1) is 3.31. The summed E-state index contributed by atoms with van der Waals surface area (Å²) >= 11 is 0. The Morgan fingerprint density at radius 2 is 2.38 bits per heavy atom. The van der Waals surface area contributed by atoms with Gasteiger partial charge in [-0.25, -0.2) is 0 Å². The Bertz CT molecular complexity index is 141. The van der Waals surface area contributed by atoms with E-state index in [1.54, 1.807) is 0 Å². The second-order valence-corrected chi connectivity index (χ2v) is 2.21. The molecule has 1 unspecified atom stereocenters. The molecule has 1 aliphatic heterocycles. The lowest BCUT2D eigenvalue weighted by atomic mass is 9.79. The second kappa shape index (κ2) is 1.26. The molecule has 1 aliphatic carbocycles. The third-order valence-corrected chi connectivity index (χ3v) is 1.72. The van der Waals surface area contributed by atoms with E-state index in [1.165, 1.54) is 0 Å². The van der Waals surface area contributed by atoms with Gasteiger partial charge in [0, 0.05) is 18.7 Å². The molecule has 2 N–H and O–H groups in total. The summed E-state index contributed by atoms with van der Waals surface area (Å²) in [4.78, 5) is 0. The Kier molecular flexibility index (Phi) is 0.886. The van der Waals surface area contributed by atoms with Gasteiger partial charge in [0.05, 0.1) is 0 Å². The first kappa shape index (κ1) is 5.63. The lowest BCUT2D eigenvalue weighted by Gasteiger charge is -2.47. The second-order valence-electron chi connectivity index (χ2n) is 2.21. The summed E-state index contributed by atoms with van der Waals surface area (Å²) < 4.78 is 0. The van der Waals surface area contributed by atoms with Crippen LogP contribution in [0.4, 0.5) is 0 Å². The highest BCUT2D eigenvalue weighted by Gasteiger charge is 2.45.